The third-order valence-electron chi connectivity index (χ3n) is 3.15. The van der Waals surface area contributed by atoms with E-state index in [0.717, 1.165) is 11.3 Å². The van der Waals surface area contributed by atoms with Crippen LogP contribution in [0, 0.1) is 0 Å². The third kappa shape index (κ3) is 3.17. The molecule has 0 unspecified atom stereocenters. The Hall–Kier alpha value is -2.30. The average molecular weight is 272 g/mol. The van der Waals surface area contributed by atoms with E-state index in [2.05, 4.69) is 5.10 Å². The van der Waals surface area contributed by atoms with Gasteiger partial charge >= 0.3 is 0 Å². The number of carbonyl (C=O) groups is 1. The number of aryl methyl sites for hydroxylation is 1. The Balaban J connectivity index is 2.19. The molecule has 0 bridgehead atoms. The maximum absolute atomic E-state index is 12.5. The molecular formula is C15H20N4O. The molecule has 5 heteroatoms. The number of anilines is 1. The van der Waals surface area contributed by atoms with Gasteiger partial charge in [0.25, 0.3) is 5.91 Å². The maximum atomic E-state index is 12.5. The Labute approximate surface area is 119 Å². The van der Waals surface area contributed by atoms with Crippen molar-refractivity contribution < 1.29 is 4.79 Å². The van der Waals surface area contributed by atoms with Crippen LogP contribution in [0.2, 0.25) is 0 Å². The lowest BCUT2D eigenvalue weighted by Gasteiger charge is -2.26. The molecular weight excluding hydrogens is 252 g/mol. The Morgan fingerprint density at radius 2 is 1.95 bits per heavy atom. The zero-order valence-electron chi connectivity index (χ0n) is 12.1. The van der Waals surface area contributed by atoms with E-state index in [0.29, 0.717) is 12.2 Å². The first-order valence-corrected chi connectivity index (χ1v) is 6.62. The second-order valence-electron chi connectivity index (χ2n) is 5.14. The van der Waals surface area contributed by atoms with Crippen LogP contribution in [0.15, 0.2) is 36.5 Å². The van der Waals surface area contributed by atoms with E-state index in [9.17, 15) is 4.79 Å². The van der Waals surface area contributed by atoms with Crippen LogP contribution >= 0.6 is 0 Å². The van der Waals surface area contributed by atoms with Gasteiger partial charge in [-0.1, -0.05) is 12.1 Å². The summed E-state index contributed by atoms with van der Waals surface area (Å²) in [7, 11) is 1.80. The Bertz CT molecular complexity index is 586. The summed E-state index contributed by atoms with van der Waals surface area (Å²) in [5.41, 5.74) is 7.92. The first-order valence-electron chi connectivity index (χ1n) is 6.62. The summed E-state index contributed by atoms with van der Waals surface area (Å²) in [5, 5.41) is 4.18. The molecule has 2 aromatic rings. The van der Waals surface area contributed by atoms with Gasteiger partial charge in [0, 0.05) is 31.5 Å². The van der Waals surface area contributed by atoms with Gasteiger partial charge in [0.2, 0.25) is 0 Å². The third-order valence-corrected chi connectivity index (χ3v) is 3.15. The van der Waals surface area contributed by atoms with E-state index in [4.69, 9.17) is 5.73 Å². The van der Waals surface area contributed by atoms with Crippen molar-refractivity contribution in [3.05, 3.63) is 47.8 Å². The van der Waals surface area contributed by atoms with Crippen LogP contribution in [0.3, 0.4) is 0 Å². The Kier molecular flexibility index (Phi) is 4.08. The standard InChI is InChI=1S/C15H20N4O/c1-11(2)19(10-12-4-6-13(16)7-5-12)15(20)14-8-9-18(3)17-14/h4-9,11H,10,16H2,1-3H3. The minimum atomic E-state index is -0.0579. The molecule has 0 saturated heterocycles. The number of carbonyl (C=O) groups excluding carboxylic acids is 1. The predicted molar refractivity (Wildman–Crippen MR) is 79.1 cm³/mol. The lowest BCUT2D eigenvalue weighted by molar-refractivity contribution is 0.0683. The van der Waals surface area contributed by atoms with E-state index < -0.39 is 0 Å². The number of benzene rings is 1. The van der Waals surface area contributed by atoms with Gasteiger partial charge in [0.05, 0.1) is 0 Å². The monoisotopic (exact) mass is 272 g/mol. The van der Waals surface area contributed by atoms with Crippen molar-refractivity contribution in [2.24, 2.45) is 7.05 Å². The fourth-order valence-electron chi connectivity index (χ4n) is 1.98. The van der Waals surface area contributed by atoms with Gasteiger partial charge in [0.1, 0.15) is 5.69 Å². The summed E-state index contributed by atoms with van der Waals surface area (Å²) in [6, 6.07) is 9.41. The molecule has 1 heterocycles. The minimum absolute atomic E-state index is 0.0579. The normalized spacial score (nSPS) is 10.8. The van der Waals surface area contributed by atoms with Crippen molar-refractivity contribution in [2.45, 2.75) is 26.4 Å². The molecule has 106 valence electrons. The Morgan fingerprint density at radius 1 is 1.30 bits per heavy atom. The van der Waals surface area contributed by atoms with Crippen LogP contribution in [0.5, 0.6) is 0 Å². The molecule has 0 atom stereocenters. The molecule has 20 heavy (non-hydrogen) atoms. The molecule has 5 nitrogen and oxygen atoms in total. The topological polar surface area (TPSA) is 64.2 Å². The first kappa shape index (κ1) is 14.1. The highest BCUT2D eigenvalue weighted by Gasteiger charge is 2.20. The molecule has 0 fully saturated rings. The fourth-order valence-corrected chi connectivity index (χ4v) is 1.98. The number of nitrogens with two attached hydrogens (primary N) is 1. The number of rotatable bonds is 4. The van der Waals surface area contributed by atoms with Crippen molar-refractivity contribution in [1.82, 2.24) is 14.7 Å². The zero-order chi connectivity index (χ0) is 14.7. The second kappa shape index (κ2) is 5.77. The summed E-state index contributed by atoms with van der Waals surface area (Å²) in [5.74, 6) is -0.0579. The van der Waals surface area contributed by atoms with Crippen molar-refractivity contribution in [3.63, 3.8) is 0 Å². The second-order valence-corrected chi connectivity index (χ2v) is 5.14. The number of hydrogen-bond acceptors (Lipinski definition) is 3. The van der Waals surface area contributed by atoms with E-state index in [-0.39, 0.29) is 11.9 Å². The van der Waals surface area contributed by atoms with Gasteiger partial charge in [-0.25, -0.2) is 0 Å². The fraction of sp³-hybridized carbons (Fsp3) is 0.333. The molecule has 0 aliphatic carbocycles. The molecule has 0 saturated carbocycles. The van der Waals surface area contributed by atoms with Gasteiger partial charge in [-0.2, -0.15) is 5.10 Å². The van der Waals surface area contributed by atoms with E-state index in [1.54, 1.807) is 28.9 Å². The number of aromatic nitrogens is 2. The number of nitrogens with zero attached hydrogens (tertiary/aromatic N) is 3. The molecule has 1 amide bonds. The van der Waals surface area contributed by atoms with Crippen LogP contribution in [0.4, 0.5) is 5.69 Å². The number of nitrogen functional groups attached to an aromatic ring is 1. The van der Waals surface area contributed by atoms with E-state index in [1.807, 2.05) is 38.1 Å². The number of amides is 1. The molecule has 1 aromatic heterocycles. The van der Waals surface area contributed by atoms with Crippen molar-refractivity contribution in [2.75, 3.05) is 5.73 Å². The van der Waals surface area contributed by atoms with Gasteiger partial charge in [0.15, 0.2) is 0 Å². The van der Waals surface area contributed by atoms with Crippen molar-refractivity contribution in [1.29, 1.82) is 0 Å². The summed E-state index contributed by atoms with van der Waals surface area (Å²) < 4.78 is 1.63. The highest BCUT2D eigenvalue weighted by molar-refractivity contribution is 5.92. The van der Waals surface area contributed by atoms with Crippen LogP contribution in [-0.4, -0.2) is 26.6 Å². The molecule has 0 spiro atoms. The van der Waals surface area contributed by atoms with E-state index >= 15 is 0 Å². The number of hydrogen-bond donors (Lipinski definition) is 1. The van der Waals surface area contributed by atoms with Gasteiger partial charge in [-0.3, -0.25) is 9.48 Å². The van der Waals surface area contributed by atoms with Crippen LogP contribution in [-0.2, 0) is 13.6 Å². The zero-order valence-corrected chi connectivity index (χ0v) is 12.1. The van der Waals surface area contributed by atoms with Gasteiger partial charge in [-0.05, 0) is 37.6 Å². The SMILES string of the molecule is CC(C)N(Cc1ccc(N)cc1)C(=O)c1ccn(C)n1. The molecule has 1 aromatic carbocycles. The van der Waals surface area contributed by atoms with Crippen molar-refractivity contribution >= 4 is 11.6 Å². The summed E-state index contributed by atoms with van der Waals surface area (Å²) in [4.78, 5) is 14.3. The highest BCUT2D eigenvalue weighted by Crippen LogP contribution is 2.13. The molecule has 2 rings (SSSR count). The smallest absolute Gasteiger partial charge is 0.274 e. The van der Waals surface area contributed by atoms with E-state index in [1.165, 1.54) is 0 Å². The summed E-state index contributed by atoms with van der Waals surface area (Å²) in [6.45, 7) is 4.55. The highest BCUT2D eigenvalue weighted by atomic mass is 16.2. The molecule has 0 radical (unpaired) electrons. The average Bonchev–Trinajstić information content (AvgIpc) is 2.83. The first-order chi connectivity index (χ1) is 9.47. The van der Waals surface area contributed by atoms with Gasteiger partial charge < -0.3 is 10.6 Å². The molecule has 0 aliphatic rings. The van der Waals surface area contributed by atoms with Crippen LogP contribution in [0.25, 0.3) is 0 Å². The largest absolute Gasteiger partial charge is 0.399 e. The van der Waals surface area contributed by atoms with Crippen LogP contribution in [0.1, 0.15) is 29.9 Å². The summed E-state index contributed by atoms with van der Waals surface area (Å²) in [6.07, 6.45) is 1.77. The minimum Gasteiger partial charge on any atom is -0.399 e. The summed E-state index contributed by atoms with van der Waals surface area (Å²) >= 11 is 0. The predicted octanol–water partition coefficient (Wildman–Crippen LogP) is 2.05. The van der Waals surface area contributed by atoms with Crippen LogP contribution < -0.4 is 5.73 Å². The lowest BCUT2D eigenvalue weighted by Crippen LogP contribution is -2.36. The van der Waals surface area contributed by atoms with Gasteiger partial charge in [-0.15, -0.1) is 0 Å². The quantitative estimate of drug-likeness (QED) is 0.866. The van der Waals surface area contributed by atoms with Crippen molar-refractivity contribution in [3.8, 4) is 0 Å². The molecule has 2 N–H and O–H groups in total. The molecule has 0 aliphatic heterocycles. The maximum Gasteiger partial charge on any atom is 0.274 e. The lowest BCUT2D eigenvalue weighted by atomic mass is 10.1. The Morgan fingerprint density at radius 3 is 2.45 bits per heavy atom.